The first kappa shape index (κ1) is 20.4. The van der Waals surface area contributed by atoms with Gasteiger partial charge >= 0.3 is 0 Å². The standard InChI is InChI=1S/C20H18N2O6S/c1-14(23)21-18(15-6-4-3-5-7-15)12-20(2,19(21)24)13-29(27,28)17-10-8-16(9-11-17)22(25)26/h3-12H,13H2,1-2H3. The van der Waals surface area contributed by atoms with Crippen molar-refractivity contribution in [1.82, 2.24) is 4.90 Å². The fraction of sp³-hybridized carbons (Fsp3) is 0.200. The largest absolute Gasteiger partial charge is 0.274 e. The Kier molecular flexibility index (Phi) is 5.10. The van der Waals surface area contributed by atoms with Gasteiger partial charge in [-0.3, -0.25) is 19.7 Å². The minimum atomic E-state index is -3.96. The SMILES string of the molecule is CC(=O)N1C(=O)C(C)(CS(=O)(=O)c2ccc([N+](=O)[O-])cc2)C=C1c1ccccc1. The molecule has 1 unspecified atom stereocenters. The zero-order valence-corrected chi connectivity index (χ0v) is 16.5. The van der Waals surface area contributed by atoms with E-state index in [9.17, 15) is 28.1 Å². The van der Waals surface area contributed by atoms with E-state index in [0.29, 0.717) is 11.3 Å². The zero-order chi connectivity index (χ0) is 21.4. The van der Waals surface area contributed by atoms with Crippen molar-refractivity contribution in [2.75, 3.05) is 5.75 Å². The molecule has 1 aliphatic rings. The van der Waals surface area contributed by atoms with Crippen molar-refractivity contribution in [1.29, 1.82) is 0 Å². The number of amides is 2. The molecular formula is C20H18N2O6S. The van der Waals surface area contributed by atoms with E-state index >= 15 is 0 Å². The van der Waals surface area contributed by atoms with Crippen molar-refractivity contribution in [2.45, 2.75) is 18.7 Å². The molecule has 2 aromatic rings. The predicted octanol–water partition coefficient (Wildman–Crippen LogP) is 2.80. The van der Waals surface area contributed by atoms with E-state index in [2.05, 4.69) is 0 Å². The number of benzene rings is 2. The number of carbonyl (C=O) groups excluding carboxylic acids is 2. The van der Waals surface area contributed by atoms with Crippen molar-refractivity contribution in [3.8, 4) is 0 Å². The Morgan fingerprint density at radius 2 is 1.69 bits per heavy atom. The minimum absolute atomic E-state index is 0.131. The van der Waals surface area contributed by atoms with Gasteiger partial charge in [-0.15, -0.1) is 0 Å². The average molecular weight is 414 g/mol. The van der Waals surface area contributed by atoms with Crippen LogP contribution in [0.4, 0.5) is 5.69 Å². The predicted molar refractivity (Wildman–Crippen MR) is 105 cm³/mol. The lowest BCUT2D eigenvalue weighted by Crippen LogP contribution is -2.40. The molecule has 2 amide bonds. The summed E-state index contributed by atoms with van der Waals surface area (Å²) >= 11 is 0. The van der Waals surface area contributed by atoms with Gasteiger partial charge in [-0.25, -0.2) is 13.3 Å². The van der Waals surface area contributed by atoms with Gasteiger partial charge < -0.3 is 0 Å². The summed E-state index contributed by atoms with van der Waals surface area (Å²) in [6.45, 7) is 2.70. The van der Waals surface area contributed by atoms with E-state index < -0.39 is 37.7 Å². The number of non-ortho nitro benzene ring substituents is 1. The number of rotatable bonds is 5. The van der Waals surface area contributed by atoms with Gasteiger partial charge in [0.1, 0.15) is 0 Å². The molecule has 0 saturated carbocycles. The Balaban J connectivity index is 2.00. The zero-order valence-electron chi connectivity index (χ0n) is 15.7. The van der Waals surface area contributed by atoms with Gasteiger partial charge in [0.15, 0.2) is 9.84 Å². The molecule has 0 saturated heterocycles. The molecule has 8 nitrogen and oxygen atoms in total. The number of nitrogens with zero attached hydrogens (tertiary/aromatic N) is 2. The van der Waals surface area contributed by atoms with Crippen LogP contribution in [0, 0.1) is 15.5 Å². The molecule has 3 rings (SSSR count). The first-order valence-electron chi connectivity index (χ1n) is 8.66. The van der Waals surface area contributed by atoms with Gasteiger partial charge in [-0.2, -0.15) is 0 Å². The van der Waals surface area contributed by atoms with Crippen LogP contribution in [-0.4, -0.2) is 35.8 Å². The Morgan fingerprint density at radius 1 is 1.10 bits per heavy atom. The highest BCUT2D eigenvalue weighted by Gasteiger charge is 2.47. The van der Waals surface area contributed by atoms with Crippen LogP contribution < -0.4 is 0 Å². The van der Waals surface area contributed by atoms with Crippen LogP contribution in [0.25, 0.3) is 5.70 Å². The highest BCUT2D eigenvalue weighted by atomic mass is 32.2. The summed E-state index contributed by atoms with van der Waals surface area (Å²) in [4.78, 5) is 36.1. The third-order valence-corrected chi connectivity index (χ3v) is 6.64. The number of hydrogen-bond acceptors (Lipinski definition) is 6. The van der Waals surface area contributed by atoms with Crippen molar-refractivity contribution >= 4 is 33.0 Å². The maximum Gasteiger partial charge on any atom is 0.269 e. The summed E-state index contributed by atoms with van der Waals surface area (Å²) in [6, 6.07) is 13.2. The number of nitro benzene ring substituents is 1. The molecule has 0 N–H and O–H groups in total. The topological polar surface area (TPSA) is 115 Å². The lowest BCUT2D eigenvalue weighted by molar-refractivity contribution is -0.384. The van der Waals surface area contributed by atoms with E-state index in [0.717, 1.165) is 29.2 Å². The van der Waals surface area contributed by atoms with Crippen molar-refractivity contribution in [2.24, 2.45) is 5.41 Å². The lowest BCUT2D eigenvalue weighted by Gasteiger charge is -2.23. The lowest BCUT2D eigenvalue weighted by atomic mass is 9.93. The van der Waals surface area contributed by atoms with E-state index in [-0.39, 0.29) is 10.6 Å². The van der Waals surface area contributed by atoms with Gasteiger partial charge in [-0.1, -0.05) is 30.3 Å². The molecular weight excluding hydrogens is 396 g/mol. The quantitative estimate of drug-likeness (QED) is 0.549. The fourth-order valence-electron chi connectivity index (χ4n) is 3.28. The summed E-state index contributed by atoms with van der Waals surface area (Å²) in [7, 11) is -3.96. The molecule has 1 aliphatic heterocycles. The van der Waals surface area contributed by atoms with E-state index in [4.69, 9.17) is 0 Å². The molecule has 1 heterocycles. The summed E-state index contributed by atoms with van der Waals surface area (Å²) in [6.07, 6.45) is 1.50. The third-order valence-electron chi connectivity index (χ3n) is 4.67. The van der Waals surface area contributed by atoms with Crippen LogP contribution >= 0.6 is 0 Å². The molecule has 2 aromatic carbocycles. The van der Waals surface area contributed by atoms with Crippen molar-refractivity contribution in [3.63, 3.8) is 0 Å². The van der Waals surface area contributed by atoms with Gasteiger partial charge in [-0.05, 0) is 30.7 Å². The molecule has 150 valence electrons. The molecule has 0 aliphatic carbocycles. The summed E-state index contributed by atoms with van der Waals surface area (Å²) in [5.41, 5.74) is -0.740. The molecule has 0 spiro atoms. The molecule has 9 heteroatoms. The van der Waals surface area contributed by atoms with Gasteiger partial charge in [0.05, 0.1) is 26.7 Å². The Morgan fingerprint density at radius 3 is 2.21 bits per heavy atom. The molecule has 0 fully saturated rings. The number of hydrogen-bond donors (Lipinski definition) is 0. The second kappa shape index (κ2) is 7.25. The minimum Gasteiger partial charge on any atom is -0.274 e. The average Bonchev–Trinajstić information content (AvgIpc) is 2.93. The summed E-state index contributed by atoms with van der Waals surface area (Å²) in [5, 5.41) is 10.8. The highest BCUT2D eigenvalue weighted by molar-refractivity contribution is 7.91. The smallest absolute Gasteiger partial charge is 0.269 e. The highest BCUT2D eigenvalue weighted by Crippen LogP contribution is 2.39. The first-order chi connectivity index (χ1) is 13.5. The fourth-order valence-corrected chi connectivity index (χ4v) is 5.00. The number of nitro groups is 1. The summed E-state index contributed by atoms with van der Waals surface area (Å²) < 4.78 is 25.8. The Bertz CT molecular complexity index is 1120. The third kappa shape index (κ3) is 3.81. The maximum atomic E-state index is 13.0. The van der Waals surface area contributed by atoms with Crippen molar-refractivity contribution in [3.05, 3.63) is 76.4 Å². The van der Waals surface area contributed by atoms with E-state index in [1.807, 2.05) is 0 Å². The van der Waals surface area contributed by atoms with E-state index in [1.54, 1.807) is 30.3 Å². The second-order valence-corrected chi connectivity index (χ2v) is 8.97. The second-order valence-electron chi connectivity index (χ2n) is 6.98. The van der Waals surface area contributed by atoms with Crippen LogP contribution in [0.3, 0.4) is 0 Å². The molecule has 0 bridgehead atoms. The molecule has 29 heavy (non-hydrogen) atoms. The van der Waals surface area contributed by atoms with Gasteiger partial charge in [0.25, 0.3) is 5.69 Å². The molecule has 0 radical (unpaired) electrons. The number of sulfone groups is 1. The van der Waals surface area contributed by atoms with Crippen LogP contribution in [0.2, 0.25) is 0 Å². The molecule has 1 atom stereocenters. The van der Waals surface area contributed by atoms with E-state index in [1.165, 1.54) is 19.9 Å². The van der Waals surface area contributed by atoms with Crippen molar-refractivity contribution < 1.29 is 22.9 Å². The maximum absolute atomic E-state index is 13.0. The normalized spacial score (nSPS) is 19.2. The van der Waals surface area contributed by atoms with Crippen LogP contribution in [-0.2, 0) is 19.4 Å². The molecule has 0 aromatic heterocycles. The monoisotopic (exact) mass is 414 g/mol. The first-order valence-corrected chi connectivity index (χ1v) is 10.3. The Labute approximate surface area is 167 Å². The summed E-state index contributed by atoms with van der Waals surface area (Å²) in [5.74, 6) is -1.72. The van der Waals surface area contributed by atoms with Crippen LogP contribution in [0.5, 0.6) is 0 Å². The number of imide groups is 1. The van der Waals surface area contributed by atoms with Crippen LogP contribution in [0.1, 0.15) is 19.4 Å². The van der Waals surface area contributed by atoms with Crippen LogP contribution in [0.15, 0.2) is 65.6 Å². The van der Waals surface area contributed by atoms with Gasteiger partial charge in [0.2, 0.25) is 11.8 Å². The number of carbonyl (C=O) groups is 2. The van der Waals surface area contributed by atoms with Gasteiger partial charge in [0, 0.05) is 19.1 Å². The Hall–Kier alpha value is -3.33.